The van der Waals surface area contributed by atoms with Crippen LogP contribution in [0.2, 0.25) is 0 Å². The van der Waals surface area contributed by atoms with Gasteiger partial charge in [0.1, 0.15) is 0 Å². The Bertz CT molecular complexity index is 527. The molecule has 1 heterocycles. The Morgan fingerprint density at radius 3 is 2.10 bits per heavy atom. The molecule has 0 radical (unpaired) electrons. The molecular formula is C18H22N2. The van der Waals surface area contributed by atoms with E-state index in [0.717, 1.165) is 26.2 Å². The summed E-state index contributed by atoms with van der Waals surface area (Å²) < 4.78 is 0. The van der Waals surface area contributed by atoms with Crippen LogP contribution in [-0.4, -0.2) is 31.1 Å². The summed E-state index contributed by atoms with van der Waals surface area (Å²) in [7, 11) is 0. The van der Waals surface area contributed by atoms with Gasteiger partial charge in [-0.15, -0.1) is 0 Å². The fourth-order valence-corrected chi connectivity index (χ4v) is 2.86. The van der Waals surface area contributed by atoms with Gasteiger partial charge in [0, 0.05) is 32.2 Å². The molecule has 1 unspecified atom stereocenters. The van der Waals surface area contributed by atoms with Crippen molar-refractivity contribution in [1.29, 1.82) is 0 Å². The second-order valence-corrected chi connectivity index (χ2v) is 5.45. The van der Waals surface area contributed by atoms with Crippen molar-refractivity contribution in [2.75, 3.05) is 26.2 Å². The quantitative estimate of drug-likeness (QED) is 0.917. The zero-order valence-corrected chi connectivity index (χ0v) is 12.0. The molecule has 0 spiro atoms. The van der Waals surface area contributed by atoms with Gasteiger partial charge in [-0.05, 0) is 23.6 Å². The Morgan fingerprint density at radius 2 is 1.45 bits per heavy atom. The molecular weight excluding hydrogens is 244 g/mol. The van der Waals surface area contributed by atoms with Gasteiger partial charge in [0.2, 0.25) is 0 Å². The van der Waals surface area contributed by atoms with Gasteiger partial charge in [0.25, 0.3) is 0 Å². The normalized spacial score (nSPS) is 17.9. The van der Waals surface area contributed by atoms with Crippen LogP contribution in [0.3, 0.4) is 0 Å². The lowest BCUT2D eigenvalue weighted by atomic mass is 10.0. The van der Waals surface area contributed by atoms with Crippen molar-refractivity contribution >= 4 is 0 Å². The highest BCUT2D eigenvalue weighted by atomic mass is 15.2. The monoisotopic (exact) mass is 266 g/mol. The van der Waals surface area contributed by atoms with Gasteiger partial charge in [0.05, 0.1) is 0 Å². The van der Waals surface area contributed by atoms with Crippen LogP contribution in [0.5, 0.6) is 0 Å². The highest BCUT2D eigenvalue weighted by Gasteiger charge is 2.17. The maximum atomic E-state index is 3.41. The minimum Gasteiger partial charge on any atom is -0.314 e. The standard InChI is InChI=1S/C18H22N2/c1-15(20-13-11-19-12-14-20)16-7-9-18(10-8-16)17-5-3-2-4-6-17/h2-10,15,19H,11-14H2,1H3. The molecule has 1 N–H and O–H groups in total. The first-order chi connectivity index (χ1) is 9.84. The first kappa shape index (κ1) is 13.3. The van der Waals surface area contributed by atoms with Crippen molar-refractivity contribution < 1.29 is 0 Å². The molecule has 1 atom stereocenters. The Morgan fingerprint density at radius 1 is 0.850 bits per heavy atom. The summed E-state index contributed by atoms with van der Waals surface area (Å²) in [5.74, 6) is 0. The Labute approximate surface area is 121 Å². The van der Waals surface area contributed by atoms with E-state index in [0.29, 0.717) is 6.04 Å². The van der Waals surface area contributed by atoms with Gasteiger partial charge in [0.15, 0.2) is 0 Å². The maximum Gasteiger partial charge on any atom is 0.0320 e. The van der Waals surface area contributed by atoms with Gasteiger partial charge in [-0.3, -0.25) is 4.90 Å². The Hall–Kier alpha value is -1.64. The van der Waals surface area contributed by atoms with Crippen molar-refractivity contribution in [3.63, 3.8) is 0 Å². The predicted octanol–water partition coefficient (Wildman–Crippen LogP) is 3.32. The lowest BCUT2D eigenvalue weighted by molar-refractivity contribution is 0.185. The summed E-state index contributed by atoms with van der Waals surface area (Å²) >= 11 is 0. The average Bonchev–Trinajstić information content (AvgIpc) is 2.56. The smallest absolute Gasteiger partial charge is 0.0320 e. The predicted molar refractivity (Wildman–Crippen MR) is 84.7 cm³/mol. The number of nitrogens with zero attached hydrogens (tertiary/aromatic N) is 1. The van der Waals surface area contributed by atoms with Crippen molar-refractivity contribution in [1.82, 2.24) is 10.2 Å². The molecule has 0 aliphatic carbocycles. The second-order valence-electron chi connectivity index (χ2n) is 5.45. The van der Waals surface area contributed by atoms with E-state index in [2.05, 4.69) is 71.7 Å². The third-order valence-corrected chi connectivity index (χ3v) is 4.20. The Balaban J connectivity index is 1.75. The van der Waals surface area contributed by atoms with Crippen LogP contribution in [0.25, 0.3) is 11.1 Å². The third-order valence-electron chi connectivity index (χ3n) is 4.20. The van der Waals surface area contributed by atoms with E-state index >= 15 is 0 Å². The molecule has 2 aromatic rings. The van der Waals surface area contributed by atoms with Crippen LogP contribution in [-0.2, 0) is 0 Å². The average molecular weight is 266 g/mol. The SMILES string of the molecule is CC(c1ccc(-c2ccccc2)cc1)N1CCNCC1. The molecule has 104 valence electrons. The van der Waals surface area contributed by atoms with E-state index in [9.17, 15) is 0 Å². The summed E-state index contributed by atoms with van der Waals surface area (Å²) in [6, 6.07) is 20.1. The number of rotatable bonds is 3. The van der Waals surface area contributed by atoms with E-state index in [1.54, 1.807) is 0 Å². The molecule has 2 heteroatoms. The van der Waals surface area contributed by atoms with Crippen molar-refractivity contribution in [2.45, 2.75) is 13.0 Å². The molecule has 3 rings (SSSR count). The molecule has 1 aliphatic heterocycles. The van der Waals surface area contributed by atoms with E-state index < -0.39 is 0 Å². The summed E-state index contributed by atoms with van der Waals surface area (Å²) in [6.45, 7) is 6.80. The van der Waals surface area contributed by atoms with E-state index in [1.165, 1.54) is 16.7 Å². The van der Waals surface area contributed by atoms with E-state index in [-0.39, 0.29) is 0 Å². The molecule has 1 saturated heterocycles. The summed E-state index contributed by atoms with van der Waals surface area (Å²) in [5.41, 5.74) is 3.99. The largest absolute Gasteiger partial charge is 0.314 e. The zero-order chi connectivity index (χ0) is 13.8. The molecule has 0 amide bonds. The molecule has 1 aliphatic rings. The van der Waals surface area contributed by atoms with E-state index in [1.807, 2.05) is 0 Å². The molecule has 0 aromatic heterocycles. The summed E-state index contributed by atoms with van der Waals surface area (Å²) in [4.78, 5) is 2.55. The molecule has 0 saturated carbocycles. The topological polar surface area (TPSA) is 15.3 Å². The fourth-order valence-electron chi connectivity index (χ4n) is 2.86. The lowest BCUT2D eigenvalue weighted by Gasteiger charge is -2.33. The van der Waals surface area contributed by atoms with Gasteiger partial charge in [-0.1, -0.05) is 54.6 Å². The minimum absolute atomic E-state index is 0.502. The summed E-state index contributed by atoms with van der Waals surface area (Å²) in [5, 5.41) is 3.41. The molecule has 2 nitrogen and oxygen atoms in total. The van der Waals surface area contributed by atoms with Gasteiger partial charge in [-0.2, -0.15) is 0 Å². The highest BCUT2D eigenvalue weighted by Crippen LogP contribution is 2.24. The van der Waals surface area contributed by atoms with Gasteiger partial charge < -0.3 is 5.32 Å². The van der Waals surface area contributed by atoms with Gasteiger partial charge in [-0.25, -0.2) is 0 Å². The molecule has 2 aromatic carbocycles. The van der Waals surface area contributed by atoms with Crippen molar-refractivity contribution in [2.24, 2.45) is 0 Å². The maximum absolute atomic E-state index is 3.41. The van der Waals surface area contributed by atoms with Crippen LogP contribution in [0, 0.1) is 0 Å². The first-order valence-electron chi connectivity index (χ1n) is 7.45. The van der Waals surface area contributed by atoms with Crippen LogP contribution < -0.4 is 5.32 Å². The Kier molecular flexibility index (Phi) is 4.14. The van der Waals surface area contributed by atoms with Crippen LogP contribution in [0.1, 0.15) is 18.5 Å². The van der Waals surface area contributed by atoms with Crippen LogP contribution in [0.4, 0.5) is 0 Å². The van der Waals surface area contributed by atoms with Crippen molar-refractivity contribution in [3.05, 3.63) is 60.2 Å². The first-order valence-corrected chi connectivity index (χ1v) is 7.45. The zero-order valence-electron chi connectivity index (χ0n) is 12.0. The number of nitrogens with one attached hydrogen (secondary N) is 1. The number of piperazine rings is 1. The molecule has 1 fully saturated rings. The number of benzene rings is 2. The van der Waals surface area contributed by atoms with Crippen LogP contribution in [0.15, 0.2) is 54.6 Å². The van der Waals surface area contributed by atoms with Crippen LogP contribution >= 0.6 is 0 Å². The number of hydrogen-bond acceptors (Lipinski definition) is 2. The highest BCUT2D eigenvalue weighted by molar-refractivity contribution is 5.63. The third kappa shape index (κ3) is 2.92. The fraction of sp³-hybridized carbons (Fsp3) is 0.333. The lowest BCUT2D eigenvalue weighted by Crippen LogP contribution is -2.44. The van der Waals surface area contributed by atoms with Crippen molar-refractivity contribution in [3.8, 4) is 11.1 Å². The minimum atomic E-state index is 0.502. The molecule has 0 bridgehead atoms. The molecule has 20 heavy (non-hydrogen) atoms. The number of hydrogen-bond donors (Lipinski definition) is 1. The van der Waals surface area contributed by atoms with Gasteiger partial charge >= 0.3 is 0 Å². The summed E-state index contributed by atoms with van der Waals surface area (Å²) in [6.07, 6.45) is 0. The second kappa shape index (κ2) is 6.21. The van der Waals surface area contributed by atoms with E-state index in [4.69, 9.17) is 0 Å².